The Kier molecular flexibility index (Phi) is 3.29. The van der Waals surface area contributed by atoms with Crippen molar-refractivity contribution >= 4 is 5.97 Å². The van der Waals surface area contributed by atoms with Crippen molar-refractivity contribution in [2.75, 3.05) is 6.54 Å². The Morgan fingerprint density at radius 1 is 1.27 bits per heavy atom. The first-order valence-electron chi connectivity index (χ1n) is 6.18. The largest absolute Gasteiger partial charge is 0.480 e. The maximum absolute atomic E-state index is 11.3. The van der Waals surface area contributed by atoms with Crippen LogP contribution in [0.2, 0.25) is 0 Å². The summed E-state index contributed by atoms with van der Waals surface area (Å²) in [5.41, 5.74) is 0. The zero-order valence-electron chi connectivity index (χ0n) is 9.48. The van der Waals surface area contributed by atoms with E-state index in [1.54, 1.807) is 0 Å². The highest BCUT2D eigenvalue weighted by atomic mass is 16.4. The van der Waals surface area contributed by atoms with Crippen LogP contribution in [0.3, 0.4) is 0 Å². The first-order chi connectivity index (χ1) is 7.20. The number of aliphatic carboxylic acids is 1. The zero-order valence-corrected chi connectivity index (χ0v) is 9.48. The average Bonchev–Trinajstić information content (AvgIpc) is 2.24. The van der Waals surface area contributed by atoms with Crippen LogP contribution in [0.5, 0.6) is 0 Å². The van der Waals surface area contributed by atoms with Crippen LogP contribution in [-0.4, -0.2) is 34.6 Å². The second-order valence-corrected chi connectivity index (χ2v) is 5.06. The summed E-state index contributed by atoms with van der Waals surface area (Å²) in [4.78, 5) is 13.5. The molecule has 3 nitrogen and oxygen atoms in total. The molecule has 2 rings (SSSR count). The monoisotopic (exact) mass is 211 g/mol. The van der Waals surface area contributed by atoms with E-state index >= 15 is 0 Å². The Bertz CT molecular complexity index is 236. The van der Waals surface area contributed by atoms with E-state index in [0.717, 1.165) is 25.8 Å². The molecule has 2 atom stereocenters. The van der Waals surface area contributed by atoms with Crippen LogP contribution in [0, 0.1) is 5.92 Å². The van der Waals surface area contributed by atoms with Gasteiger partial charge in [-0.05, 0) is 32.1 Å². The fraction of sp³-hybridized carbons (Fsp3) is 0.917. The summed E-state index contributed by atoms with van der Waals surface area (Å²) in [7, 11) is 0. The highest BCUT2D eigenvalue weighted by Crippen LogP contribution is 2.33. The molecule has 1 N–H and O–H groups in total. The van der Waals surface area contributed by atoms with E-state index in [1.165, 1.54) is 19.3 Å². The van der Waals surface area contributed by atoms with Crippen LogP contribution >= 0.6 is 0 Å². The number of rotatable bonds is 3. The van der Waals surface area contributed by atoms with Gasteiger partial charge in [0.15, 0.2) is 0 Å². The number of carbonyl (C=O) groups is 1. The minimum Gasteiger partial charge on any atom is -0.480 e. The lowest BCUT2D eigenvalue weighted by atomic mass is 9.81. The summed E-state index contributed by atoms with van der Waals surface area (Å²) in [6.07, 6.45) is 7.11. The smallest absolute Gasteiger partial charge is 0.321 e. The summed E-state index contributed by atoms with van der Waals surface area (Å²) >= 11 is 0. The molecule has 1 aliphatic carbocycles. The van der Waals surface area contributed by atoms with Crippen molar-refractivity contribution in [1.29, 1.82) is 0 Å². The van der Waals surface area contributed by atoms with Crippen molar-refractivity contribution in [3.63, 3.8) is 0 Å². The van der Waals surface area contributed by atoms with Crippen molar-refractivity contribution in [3.05, 3.63) is 0 Å². The molecule has 1 saturated carbocycles. The molecule has 2 unspecified atom stereocenters. The van der Waals surface area contributed by atoms with Crippen molar-refractivity contribution in [1.82, 2.24) is 4.90 Å². The summed E-state index contributed by atoms with van der Waals surface area (Å²) < 4.78 is 0. The van der Waals surface area contributed by atoms with Gasteiger partial charge >= 0.3 is 5.97 Å². The predicted molar refractivity (Wildman–Crippen MR) is 58.8 cm³/mol. The molecule has 15 heavy (non-hydrogen) atoms. The maximum atomic E-state index is 11.3. The van der Waals surface area contributed by atoms with Crippen molar-refractivity contribution < 1.29 is 9.90 Å². The van der Waals surface area contributed by atoms with Gasteiger partial charge in [-0.2, -0.15) is 0 Å². The van der Waals surface area contributed by atoms with Crippen LogP contribution in [0.4, 0.5) is 0 Å². The summed E-state index contributed by atoms with van der Waals surface area (Å²) in [5.74, 6) is -0.201. The molecule has 1 heterocycles. The Labute approximate surface area is 91.5 Å². The van der Waals surface area contributed by atoms with E-state index in [9.17, 15) is 9.90 Å². The molecular weight excluding hydrogens is 190 g/mol. The van der Waals surface area contributed by atoms with Gasteiger partial charge in [-0.3, -0.25) is 9.69 Å². The van der Waals surface area contributed by atoms with Gasteiger partial charge < -0.3 is 5.11 Å². The normalized spacial score (nSPS) is 30.9. The molecule has 2 fully saturated rings. The SMILES string of the molecule is CC1CCN1C(C(=O)O)C1CCCCC1. The molecule has 0 aromatic rings. The van der Waals surface area contributed by atoms with E-state index in [-0.39, 0.29) is 6.04 Å². The van der Waals surface area contributed by atoms with Crippen LogP contribution in [-0.2, 0) is 4.79 Å². The van der Waals surface area contributed by atoms with Gasteiger partial charge in [-0.1, -0.05) is 19.3 Å². The van der Waals surface area contributed by atoms with Gasteiger partial charge in [0, 0.05) is 12.6 Å². The molecule has 0 aromatic carbocycles. The predicted octanol–water partition coefficient (Wildman–Crippen LogP) is 2.11. The Balaban J connectivity index is 2.01. The first-order valence-corrected chi connectivity index (χ1v) is 6.18. The molecule has 2 aliphatic rings. The lowest BCUT2D eigenvalue weighted by Gasteiger charge is -2.46. The number of hydrogen-bond acceptors (Lipinski definition) is 2. The standard InChI is InChI=1S/C12H21NO2/c1-9-7-8-13(9)11(12(14)15)10-5-3-2-4-6-10/h9-11H,2-8H2,1H3,(H,14,15). The minimum absolute atomic E-state index is 0.200. The van der Waals surface area contributed by atoms with Crippen LogP contribution in [0.1, 0.15) is 45.4 Å². The fourth-order valence-electron chi connectivity index (χ4n) is 3.01. The quantitative estimate of drug-likeness (QED) is 0.777. The second-order valence-electron chi connectivity index (χ2n) is 5.06. The second kappa shape index (κ2) is 4.52. The van der Waals surface area contributed by atoms with E-state index in [0.29, 0.717) is 12.0 Å². The van der Waals surface area contributed by atoms with Crippen LogP contribution in [0.15, 0.2) is 0 Å². The number of carboxylic acids is 1. The first kappa shape index (κ1) is 10.9. The molecule has 0 amide bonds. The molecule has 0 radical (unpaired) electrons. The average molecular weight is 211 g/mol. The molecule has 1 aliphatic heterocycles. The number of carboxylic acid groups (broad SMARTS) is 1. The van der Waals surface area contributed by atoms with Gasteiger partial charge in [-0.25, -0.2) is 0 Å². The molecular formula is C12H21NO2. The number of hydrogen-bond donors (Lipinski definition) is 1. The van der Waals surface area contributed by atoms with Gasteiger partial charge in [0.05, 0.1) is 0 Å². The lowest BCUT2D eigenvalue weighted by Crippen LogP contribution is -2.57. The lowest BCUT2D eigenvalue weighted by molar-refractivity contribution is -0.150. The number of nitrogens with zero attached hydrogens (tertiary/aromatic N) is 1. The molecule has 1 saturated heterocycles. The minimum atomic E-state index is -0.603. The zero-order chi connectivity index (χ0) is 10.8. The third kappa shape index (κ3) is 2.17. The molecule has 0 aromatic heterocycles. The van der Waals surface area contributed by atoms with Crippen molar-refractivity contribution in [2.24, 2.45) is 5.92 Å². The Morgan fingerprint density at radius 3 is 2.33 bits per heavy atom. The molecule has 0 spiro atoms. The highest BCUT2D eigenvalue weighted by Gasteiger charge is 2.40. The van der Waals surface area contributed by atoms with Crippen molar-refractivity contribution in [2.45, 2.75) is 57.5 Å². The molecule has 86 valence electrons. The molecule has 3 heteroatoms. The summed E-state index contributed by atoms with van der Waals surface area (Å²) in [6.45, 7) is 3.12. The molecule has 0 bridgehead atoms. The van der Waals surface area contributed by atoms with Gasteiger partial charge in [0.2, 0.25) is 0 Å². The van der Waals surface area contributed by atoms with Gasteiger partial charge in [0.1, 0.15) is 6.04 Å². The third-order valence-electron chi connectivity index (χ3n) is 4.08. The van der Waals surface area contributed by atoms with E-state index in [2.05, 4.69) is 11.8 Å². The maximum Gasteiger partial charge on any atom is 0.321 e. The fourth-order valence-corrected chi connectivity index (χ4v) is 3.01. The summed E-state index contributed by atoms with van der Waals surface area (Å²) in [5, 5.41) is 9.34. The van der Waals surface area contributed by atoms with Gasteiger partial charge in [0.25, 0.3) is 0 Å². The van der Waals surface area contributed by atoms with Crippen LogP contribution < -0.4 is 0 Å². The number of likely N-dealkylation sites (tertiary alicyclic amines) is 1. The Hall–Kier alpha value is -0.570. The topological polar surface area (TPSA) is 40.5 Å². The Morgan fingerprint density at radius 2 is 1.93 bits per heavy atom. The van der Waals surface area contributed by atoms with Crippen molar-refractivity contribution in [3.8, 4) is 0 Å². The summed E-state index contributed by atoms with van der Waals surface area (Å²) in [6, 6.07) is 0.280. The highest BCUT2D eigenvalue weighted by molar-refractivity contribution is 5.74. The third-order valence-corrected chi connectivity index (χ3v) is 4.08. The van der Waals surface area contributed by atoms with Gasteiger partial charge in [-0.15, -0.1) is 0 Å². The van der Waals surface area contributed by atoms with E-state index < -0.39 is 5.97 Å². The van der Waals surface area contributed by atoms with E-state index in [1.807, 2.05) is 0 Å². The van der Waals surface area contributed by atoms with Crippen LogP contribution in [0.25, 0.3) is 0 Å². The van der Waals surface area contributed by atoms with E-state index in [4.69, 9.17) is 0 Å².